The lowest BCUT2D eigenvalue weighted by atomic mass is 10.1. The zero-order valence-corrected chi connectivity index (χ0v) is 15.4. The Morgan fingerprint density at radius 2 is 1.57 bits per heavy atom. The third kappa shape index (κ3) is 5.71. The molecule has 3 rings (SSSR count). The molecule has 3 N–H and O–H groups in total. The number of phenolic OH excluding ortho intramolecular Hbond substituents is 1. The van der Waals surface area contributed by atoms with Crippen LogP contribution in [-0.4, -0.2) is 16.9 Å². The van der Waals surface area contributed by atoms with Crippen molar-refractivity contribution in [3.8, 4) is 5.75 Å². The van der Waals surface area contributed by atoms with Crippen LogP contribution in [0.1, 0.15) is 27.9 Å². The van der Waals surface area contributed by atoms with Crippen LogP contribution < -0.4 is 10.6 Å². The van der Waals surface area contributed by atoms with Crippen molar-refractivity contribution in [3.05, 3.63) is 95.6 Å². The van der Waals surface area contributed by atoms with Gasteiger partial charge in [0.05, 0.1) is 0 Å². The van der Waals surface area contributed by atoms with Crippen molar-refractivity contribution in [3.63, 3.8) is 0 Å². The minimum absolute atomic E-state index is 0.00504. The van der Waals surface area contributed by atoms with E-state index in [1.165, 1.54) is 6.07 Å². The predicted octanol–water partition coefficient (Wildman–Crippen LogP) is 3.89. The lowest BCUT2D eigenvalue weighted by molar-refractivity contribution is -0.121. The number of anilines is 1. The second kappa shape index (κ2) is 9.37. The number of carbonyl (C=O) groups is 2. The Hall–Kier alpha value is -3.60. The summed E-state index contributed by atoms with van der Waals surface area (Å²) in [6.45, 7) is 0.419. The second-order valence-electron chi connectivity index (χ2n) is 6.46. The fourth-order valence-electron chi connectivity index (χ4n) is 2.75. The summed E-state index contributed by atoms with van der Waals surface area (Å²) in [6, 6.07) is 23.3. The Morgan fingerprint density at radius 3 is 2.29 bits per heavy atom. The van der Waals surface area contributed by atoms with Crippen LogP contribution in [0.3, 0.4) is 0 Å². The van der Waals surface area contributed by atoms with Crippen LogP contribution in [-0.2, 0) is 17.8 Å². The van der Waals surface area contributed by atoms with Gasteiger partial charge in [0.15, 0.2) is 0 Å². The molecule has 0 unspecified atom stereocenters. The van der Waals surface area contributed by atoms with Gasteiger partial charge in [-0.1, -0.05) is 48.5 Å². The van der Waals surface area contributed by atoms with Crippen LogP contribution in [0, 0.1) is 0 Å². The molecule has 0 aromatic heterocycles. The summed E-state index contributed by atoms with van der Waals surface area (Å²) in [6.07, 6.45) is 1.15. The minimum atomic E-state index is -0.260. The molecule has 142 valence electrons. The number of phenols is 1. The van der Waals surface area contributed by atoms with Gasteiger partial charge in [0, 0.05) is 30.3 Å². The van der Waals surface area contributed by atoms with E-state index in [1.807, 2.05) is 42.5 Å². The number of aryl methyl sites for hydroxylation is 1. The Morgan fingerprint density at radius 1 is 0.821 bits per heavy atom. The molecule has 3 aromatic carbocycles. The number of rotatable bonds is 7. The third-order valence-corrected chi connectivity index (χ3v) is 4.29. The van der Waals surface area contributed by atoms with E-state index in [-0.39, 0.29) is 17.6 Å². The van der Waals surface area contributed by atoms with E-state index in [2.05, 4.69) is 10.6 Å². The van der Waals surface area contributed by atoms with Crippen LogP contribution >= 0.6 is 0 Å². The lowest BCUT2D eigenvalue weighted by Gasteiger charge is -2.08. The number of carbonyl (C=O) groups excluding carboxylic acids is 2. The summed E-state index contributed by atoms with van der Waals surface area (Å²) in [5.41, 5.74) is 3.09. The largest absolute Gasteiger partial charge is 0.508 e. The smallest absolute Gasteiger partial charge is 0.255 e. The van der Waals surface area contributed by atoms with Crippen molar-refractivity contribution in [1.29, 1.82) is 0 Å². The van der Waals surface area contributed by atoms with Gasteiger partial charge in [-0.2, -0.15) is 0 Å². The molecule has 0 aliphatic rings. The average molecular weight is 374 g/mol. The molecular formula is C23H22N2O3. The molecule has 0 bridgehead atoms. The molecule has 0 atom stereocenters. The third-order valence-electron chi connectivity index (χ3n) is 4.29. The van der Waals surface area contributed by atoms with Gasteiger partial charge in [-0.05, 0) is 41.8 Å². The van der Waals surface area contributed by atoms with E-state index in [1.54, 1.807) is 30.3 Å². The van der Waals surface area contributed by atoms with E-state index >= 15 is 0 Å². The van der Waals surface area contributed by atoms with E-state index < -0.39 is 0 Å². The highest BCUT2D eigenvalue weighted by molar-refractivity contribution is 6.04. The number of benzene rings is 3. The van der Waals surface area contributed by atoms with E-state index in [0.717, 1.165) is 11.1 Å². The molecule has 0 heterocycles. The molecule has 5 nitrogen and oxygen atoms in total. The monoisotopic (exact) mass is 374 g/mol. The molecule has 0 fully saturated rings. The Bertz CT molecular complexity index is 938. The standard InChI is InChI=1S/C23H22N2O3/c26-21-8-4-7-20(15-21)25-23(28)19-12-9-18(10-13-19)16-24-22(27)14-11-17-5-2-1-3-6-17/h1-10,12-13,15,26H,11,14,16H2,(H,24,27)(H,25,28). The lowest BCUT2D eigenvalue weighted by Crippen LogP contribution is -2.23. The fraction of sp³-hybridized carbons (Fsp3) is 0.130. The molecule has 2 amide bonds. The zero-order chi connectivity index (χ0) is 19.8. The first kappa shape index (κ1) is 19.2. The van der Waals surface area contributed by atoms with Gasteiger partial charge in [-0.15, -0.1) is 0 Å². The molecule has 3 aromatic rings. The van der Waals surface area contributed by atoms with Crippen LogP contribution in [0.5, 0.6) is 5.75 Å². The van der Waals surface area contributed by atoms with Crippen molar-refractivity contribution in [2.45, 2.75) is 19.4 Å². The number of nitrogens with one attached hydrogen (secondary N) is 2. The van der Waals surface area contributed by atoms with Crippen molar-refractivity contribution >= 4 is 17.5 Å². The SMILES string of the molecule is O=C(CCc1ccccc1)NCc1ccc(C(=O)Nc2cccc(O)c2)cc1. The molecule has 28 heavy (non-hydrogen) atoms. The maximum absolute atomic E-state index is 12.3. The Balaban J connectivity index is 1.47. The van der Waals surface area contributed by atoms with E-state index in [4.69, 9.17) is 0 Å². The van der Waals surface area contributed by atoms with Crippen LogP contribution in [0.2, 0.25) is 0 Å². The highest BCUT2D eigenvalue weighted by Gasteiger charge is 2.07. The maximum atomic E-state index is 12.3. The van der Waals surface area contributed by atoms with Gasteiger partial charge in [-0.3, -0.25) is 9.59 Å². The normalized spacial score (nSPS) is 10.3. The first-order valence-corrected chi connectivity index (χ1v) is 9.10. The van der Waals surface area contributed by atoms with Crippen molar-refractivity contribution < 1.29 is 14.7 Å². The summed E-state index contributed by atoms with van der Waals surface area (Å²) in [5.74, 6) is -0.172. The topological polar surface area (TPSA) is 78.4 Å². The van der Waals surface area contributed by atoms with Crippen molar-refractivity contribution in [2.75, 3.05) is 5.32 Å². The van der Waals surface area contributed by atoms with Crippen LogP contribution in [0.4, 0.5) is 5.69 Å². The molecule has 0 saturated heterocycles. The first-order valence-electron chi connectivity index (χ1n) is 9.10. The Kier molecular flexibility index (Phi) is 6.41. The summed E-state index contributed by atoms with van der Waals surface area (Å²) in [7, 11) is 0. The quantitative estimate of drug-likeness (QED) is 0.587. The Labute approximate surface area is 164 Å². The molecule has 0 aliphatic carbocycles. The molecular weight excluding hydrogens is 352 g/mol. The highest BCUT2D eigenvalue weighted by Crippen LogP contribution is 2.16. The summed E-state index contributed by atoms with van der Waals surface area (Å²) in [4.78, 5) is 24.3. The molecule has 0 spiro atoms. The van der Waals surface area contributed by atoms with Gasteiger partial charge < -0.3 is 15.7 Å². The zero-order valence-electron chi connectivity index (χ0n) is 15.4. The number of aromatic hydroxyl groups is 1. The first-order chi connectivity index (χ1) is 13.6. The molecule has 0 radical (unpaired) electrons. The fourth-order valence-corrected chi connectivity index (χ4v) is 2.75. The highest BCUT2D eigenvalue weighted by atomic mass is 16.3. The van der Waals surface area contributed by atoms with Gasteiger partial charge in [-0.25, -0.2) is 0 Å². The molecule has 0 saturated carbocycles. The molecule has 5 heteroatoms. The van der Waals surface area contributed by atoms with Gasteiger partial charge in [0.25, 0.3) is 5.91 Å². The van der Waals surface area contributed by atoms with Gasteiger partial charge in [0.2, 0.25) is 5.91 Å². The summed E-state index contributed by atoms with van der Waals surface area (Å²) >= 11 is 0. The predicted molar refractivity (Wildman–Crippen MR) is 109 cm³/mol. The van der Waals surface area contributed by atoms with Crippen LogP contribution in [0.15, 0.2) is 78.9 Å². The molecule has 0 aliphatic heterocycles. The number of amides is 2. The van der Waals surface area contributed by atoms with Gasteiger partial charge in [0.1, 0.15) is 5.75 Å². The average Bonchev–Trinajstić information content (AvgIpc) is 2.72. The van der Waals surface area contributed by atoms with E-state index in [9.17, 15) is 14.7 Å². The summed E-state index contributed by atoms with van der Waals surface area (Å²) < 4.78 is 0. The van der Waals surface area contributed by atoms with Crippen LogP contribution in [0.25, 0.3) is 0 Å². The van der Waals surface area contributed by atoms with Crippen molar-refractivity contribution in [1.82, 2.24) is 5.32 Å². The van der Waals surface area contributed by atoms with Gasteiger partial charge >= 0.3 is 0 Å². The second-order valence-corrected chi connectivity index (χ2v) is 6.46. The number of hydrogen-bond donors (Lipinski definition) is 3. The maximum Gasteiger partial charge on any atom is 0.255 e. The van der Waals surface area contributed by atoms with Crippen molar-refractivity contribution in [2.24, 2.45) is 0 Å². The van der Waals surface area contributed by atoms with E-state index in [0.29, 0.717) is 30.6 Å². The summed E-state index contributed by atoms with van der Waals surface area (Å²) in [5, 5.41) is 15.1. The number of hydrogen-bond acceptors (Lipinski definition) is 3. The minimum Gasteiger partial charge on any atom is -0.508 e.